The summed E-state index contributed by atoms with van der Waals surface area (Å²) < 4.78 is 6.49. The lowest BCUT2D eigenvalue weighted by Crippen LogP contribution is -2.45. The molecular weight excluding hydrogens is 368 g/mol. The smallest absolute Gasteiger partial charge is 0.276 e. The van der Waals surface area contributed by atoms with Gasteiger partial charge in [-0.2, -0.15) is 0 Å². The summed E-state index contributed by atoms with van der Waals surface area (Å²) in [6, 6.07) is 6.67. The zero-order valence-corrected chi connectivity index (χ0v) is 14.1. The Labute approximate surface area is 150 Å². The third kappa shape index (κ3) is 3.78. The molecule has 25 heavy (non-hydrogen) atoms. The number of hydrazine groups is 1. The molecule has 0 fully saturated rings. The summed E-state index contributed by atoms with van der Waals surface area (Å²) in [4.78, 5) is 40.4. The van der Waals surface area contributed by atoms with E-state index in [1.807, 2.05) is 0 Å². The molecule has 2 aromatic heterocycles. The first-order valence-electron chi connectivity index (χ1n) is 6.97. The third-order valence-corrected chi connectivity index (χ3v) is 4.18. The lowest BCUT2D eigenvalue weighted by molar-refractivity contribution is -0.123. The number of hydrogen-bond donors (Lipinski definition) is 2. The number of benzene rings is 1. The number of carbonyl (C=O) groups is 2. The summed E-state index contributed by atoms with van der Waals surface area (Å²) in [6.45, 7) is -0.356. The van der Waals surface area contributed by atoms with E-state index in [4.69, 9.17) is 16.3 Å². The molecule has 8 nitrogen and oxygen atoms in total. The fourth-order valence-electron chi connectivity index (χ4n) is 1.92. The van der Waals surface area contributed by atoms with Crippen molar-refractivity contribution in [2.75, 3.05) is 6.61 Å². The van der Waals surface area contributed by atoms with E-state index in [9.17, 15) is 14.4 Å². The van der Waals surface area contributed by atoms with Crippen LogP contribution in [-0.2, 0) is 4.79 Å². The number of nitrogens with zero attached hydrogens (tertiary/aromatic N) is 2. The number of amides is 2. The van der Waals surface area contributed by atoms with Crippen LogP contribution in [-0.4, -0.2) is 27.8 Å². The van der Waals surface area contributed by atoms with Gasteiger partial charge in [0.1, 0.15) is 11.3 Å². The highest BCUT2D eigenvalue weighted by molar-refractivity contribution is 7.15. The lowest BCUT2D eigenvalue weighted by Gasteiger charge is -2.09. The average molecular weight is 379 g/mol. The zero-order valence-electron chi connectivity index (χ0n) is 12.6. The molecule has 1 aromatic carbocycles. The van der Waals surface area contributed by atoms with Crippen LogP contribution < -0.4 is 21.1 Å². The number of thiazole rings is 1. The van der Waals surface area contributed by atoms with Gasteiger partial charge in [0.05, 0.1) is 5.02 Å². The van der Waals surface area contributed by atoms with Gasteiger partial charge in [-0.15, -0.1) is 11.3 Å². The van der Waals surface area contributed by atoms with Crippen molar-refractivity contribution in [2.24, 2.45) is 0 Å². The number of para-hydroxylation sites is 1. The van der Waals surface area contributed by atoms with Gasteiger partial charge in [0.2, 0.25) is 0 Å². The third-order valence-electron chi connectivity index (χ3n) is 3.10. The molecule has 10 heteroatoms. The Bertz CT molecular complexity index is 1000. The van der Waals surface area contributed by atoms with Crippen LogP contribution in [0.1, 0.15) is 10.4 Å². The van der Waals surface area contributed by atoms with Crippen molar-refractivity contribution in [3.63, 3.8) is 0 Å². The maximum Gasteiger partial charge on any atom is 0.276 e. The van der Waals surface area contributed by atoms with E-state index in [0.717, 1.165) is 6.20 Å². The maximum absolute atomic E-state index is 12.1. The predicted octanol–water partition coefficient (Wildman–Crippen LogP) is 1.25. The van der Waals surface area contributed by atoms with Crippen molar-refractivity contribution >= 4 is 39.7 Å². The minimum absolute atomic E-state index is 0.191. The number of halogens is 1. The molecular formula is C15H11ClN4O4S. The summed E-state index contributed by atoms with van der Waals surface area (Å²) >= 11 is 7.17. The second kappa shape index (κ2) is 7.32. The lowest BCUT2D eigenvalue weighted by atomic mass is 10.3. The molecule has 0 saturated carbocycles. The number of ether oxygens (including phenoxy) is 1. The predicted molar refractivity (Wildman–Crippen MR) is 91.9 cm³/mol. The molecule has 0 aliphatic heterocycles. The quantitative estimate of drug-likeness (QED) is 0.665. The van der Waals surface area contributed by atoms with Crippen LogP contribution in [0.25, 0.3) is 4.96 Å². The Balaban J connectivity index is 1.58. The van der Waals surface area contributed by atoms with Gasteiger partial charge in [-0.3, -0.25) is 29.6 Å². The first kappa shape index (κ1) is 16.9. The van der Waals surface area contributed by atoms with E-state index < -0.39 is 17.4 Å². The molecule has 0 atom stereocenters. The molecule has 0 spiro atoms. The summed E-state index contributed by atoms with van der Waals surface area (Å²) in [5, 5.41) is 2.04. The molecule has 128 valence electrons. The fourth-order valence-corrected chi connectivity index (χ4v) is 2.78. The normalized spacial score (nSPS) is 10.4. The molecule has 0 aliphatic rings. The van der Waals surface area contributed by atoms with Gasteiger partial charge in [0.15, 0.2) is 11.6 Å². The minimum atomic E-state index is -0.774. The van der Waals surface area contributed by atoms with Gasteiger partial charge < -0.3 is 4.74 Å². The highest BCUT2D eigenvalue weighted by Gasteiger charge is 2.14. The number of aromatic nitrogens is 2. The van der Waals surface area contributed by atoms with Crippen molar-refractivity contribution in [1.29, 1.82) is 0 Å². The molecule has 3 aromatic rings. The molecule has 0 unspecified atom stereocenters. The average Bonchev–Trinajstić information content (AvgIpc) is 3.09. The molecule has 0 radical (unpaired) electrons. The molecule has 2 N–H and O–H groups in total. The van der Waals surface area contributed by atoms with E-state index >= 15 is 0 Å². The van der Waals surface area contributed by atoms with E-state index in [0.29, 0.717) is 15.7 Å². The van der Waals surface area contributed by atoms with Gasteiger partial charge in [-0.05, 0) is 12.1 Å². The van der Waals surface area contributed by atoms with Crippen LogP contribution in [0.5, 0.6) is 5.75 Å². The van der Waals surface area contributed by atoms with Crippen LogP contribution in [0.2, 0.25) is 5.02 Å². The van der Waals surface area contributed by atoms with Gasteiger partial charge in [0, 0.05) is 17.8 Å². The fraction of sp³-hybridized carbons (Fsp3) is 0.0667. The van der Waals surface area contributed by atoms with Crippen molar-refractivity contribution in [2.45, 2.75) is 0 Å². The van der Waals surface area contributed by atoms with Crippen molar-refractivity contribution in [1.82, 2.24) is 20.2 Å². The second-order valence-electron chi connectivity index (χ2n) is 4.75. The topological polar surface area (TPSA) is 102 Å². The number of rotatable bonds is 4. The highest BCUT2D eigenvalue weighted by atomic mass is 35.5. The van der Waals surface area contributed by atoms with Gasteiger partial charge >= 0.3 is 0 Å². The molecule has 0 bridgehead atoms. The summed E-state index contributed by atoms with van der Waals surface area (Å²) in [7, 11) is 0. The van der Waals surface area contributed by atoms with Crippen LogP contribution in [0.15, 0.2) is 46.8 Å². The zero-order chi connectivity index (χ0) is 17.8. The number of nitrogens with one attached hydrogen (secondary N) is 2. The Kier molecular flexibility index (Phi) is 4.96. The van der Waals surface area contributed by atoms with Gasteiger partial charge in [0.25, 0.3) is 17.4 Å². The Morgan fingerprint density at radius 2 is 2.08 bits per heavy atom. The summed E-state index contributed by atoms with van der Waals surface area (Å²) in [5.74, 6) is -1.04. The number of carbonyl (C=O) groups excluding carboxylic acids is 2. The second-order valence-corrected chi connectivity index (χ2v) is 6.03. The first-order valence-corrected chi connectivity index (χ1v) is 8.23. The Morgan fingerprint density at radius 3 is 2.88 bits per heavy atom. The molecule has 3 rings (SSSR count). The standard InChI is InChI=1S/C15H11ClN4O4S/c16-10-3-1-2-4-11(10)24-8-12(21)18-19-13(22)9-7-17-15-20(14(9)23)5-6-25-15/h1-7H,8H2,(H,18,21)(H,19,22). The SMILES string of the molecule is O=C(COc1ccccc1Cl)NNC(=O)c1cnc2sccn2c1=O. The van der Waals surface area contributed by atoms with Gasteiger partial charge in [-0.25, -0.2) is 4.98 Å². The van der Waals surface area contributed by atoms with E-state index in [2.05, 4.69) is 15.8 Å². The minimum Gasteiger partial charge on any atom is -0.482 e. The summed E-state index contributed by atoms with van der Waals surface area (Å²) in [6.07, 6.45) is 2.68. The van der Waals surface area contributed by atoms with Crippen LogP contribution in [0.4, 0.5) is 0 Å². The Hall–Kier alpha value is -2.91. The van der Waals surface area contributed by atoms with E-state index in [-0.39, 0.29) is 12.2 Å². The molecule has 0 aliphatic carbocycles. The molecule has 0 saturated heterocycles. The number of hydrogen-bond acceptors (Lipinski definition) is 6. The first-order chi connectivity index (χ1) is 12.1. The largest absolute Gasteiger partial charge is 0.482 e. The van der Waals surface area contributed by atoms with Crippen LogP contribution in [0, 0.1) is 0 Å². The van der Waals surface area contributed by atoms with Crippen molar-refractivity contribution < 1.29 is 14.3 Å². The van der Waals surface area contributed by atoms with Gasteiger partial charge in [-0.1, -0.05) is 23.7 Å². The van der Waals surface area contributed by atoms with Crippen molar-refractivity contribution in [3.05, 3.63) is 63.0 Å². The highest BCUT2D eigenvalue weighted by Crippen LogP contribution is 2.22. The van der Waals surface area contributed by atoms with Crippen LogP contribution >= 0.6 is 22.9 Å². The van der Waals surface area contributed by atoms with E-state index in [1.54, 1.807) is 29.6 Å². The van der Waals surface area contributed by atoms with Crippen molar-refractivity contribution in [3.8, 4) is 5.75 Å². The molecule has 2 heterocycles. The molecule has 2 amide bonds. The monoisotopic (exact) mass is 378 g/mol. The Morgan fingerprint density at radius 1 is 1.28 bits per heavy atom. The maximum atomic E-state index is 12.1. The number of fused-ring (bicyclic) bond motifs is 1. The summed E-state index contributed by atoms with van der Waals surface area (Å²) in [5.41, 5.74) is 3.59. The van der Waals surface area contributed by atoms with Crippen LogP contribution in [0.3, 0.4) is 0 Å². The van der Waals surface area contributed by atoms with E-state index in [1.165, 1.54) is 21.9 Å².